The Morgan fingerprint density at radius 2 is 2.00 bits per heavy atom. The summed E-state index contributed by atoms with van der Waals surface area (Å²) in [6.45, 7) is 8.42. The minimum Gasteiger partial charge on any atom is -0.323 e. The summed E-state index contributed by atoms with van der Waals surface area (Å²) in [6, 6.07) is 6.21. The van der Waals surface area contributed by atoms with Crippen LogP contribution in [0.1, 0.15) is 48.8 Å². The first kappa shape index (κ1) is 13.7. The van der Waals surface area contributed by atoms with Crippen molar-refractivity contribution < 1.29 is 0 Å². The summed E-state index contributed by atoms with van der Waals surface area (Å²) in [4.78, 5) is 0. The average Bonchev–Trinajstić information content (AvgIpc) is 2.84. The Kier molecular flexibility index (Phi) is 4.00. The molecular weight excluding hydrogens is 236 g/mol. The van der Waals surface area contributed by atoms with Crippen molar-refractivity contribution in [2.75, 3.05) is 0 Å². The second-order valence-electron chi connectivity index (χ2n) is 4.92. The quantitative estimate of drug-likeness (QED) is 0.917. The normalized spacial score (nSPS) is 12.7. The molecule has 0 spiro atoms. The second kappa shape index (κ2) is 5.53. The van der Waals surface area contributed by atoms with Gasteiger partial charge in [-0.25, -0.2) is 4.68 Å². The van der Waals surface area contributed by atoms with Gasteiger partial charge >= 0.3 is 0 Å². The number of aromatic nitrogens is 3. The molecule has 0 aliphatic carbocycles. The number of hydrogen-bond donors (Lipinski definition) is 1. The van der Waals surface area contributed by atoms with Crippen LogP contribution in [0.25, 0.3) is 5.69 Å². The standard InChI is InChI=1S/C15H22N4/c1-5-12(16)15-13(6-2)19(18-17-15)14-9-7-8-10(3)11(14)4/h7-9,12H,5-6,16H2,1-4H3. The van der Waals surface area contributed by atoms with E-state index in [0.29, 0.717) is 0 Å². The smallest absolute Gasteiger partial charge is 0.103 e. The van der Waals surface area contributed by atoms with E-state index in [1.807, 2.05) is 4.68 Å². The molecule has 1 aromatic carbocycles. The maximum atomic E-state index is 6.11. The van der Waals surface area contributed by atoms with Crippen LogP contribution in [0.15, 0.2) is 18.2 Å². The lowest BCUT2D eigenvalue weighted by atomic mass is 10.1. The average molecular weight is 258 g/mol. The van der Waals surface area contributed by atoms with E-state index in [0.717, 1.165) is 29.9 Å². The number of nitrogens with zero attached hydrogens (tertiary/aromatic N) is 3. The van der Waals surface area contributed by atoms with Crippen LogP contribution >= 0.6 is 0 Å². The molecule has 19 heavy (non-hydrogen) atoms. The van der Waals surface area contributed by atoms with Gasteiger partial charge in [0.2, 0.25) is 0 Å². The van der Waals surface area contributed by atoms with Gasteiger partial charge in [0.05, 0.1) is 17.4 Å². The van der Waals surface area contributed by atoms with Crippen LogP contribution < -0.4 is 5.73 Å². The van der Waals surface area contributed by atoms with Crippen LogP contribution in [-0.2, 0) is 6.42 Å². The zero-order valence-corrected chi connectivity index (χ0v) is 12.1. The summed E-state index contributed by atoms with van der Waals surface area (Å²) in [6.07, 6.45) is 1.75. The van der Waals surface area contributed by atoms with Crippen molar-refractivity contribution >= 4 is 0 Å². The van der Waals surface area contributed by atoms with E-state index in [-0.39, 0.29) is 6.04 Å². The van der Waals surface area contributed by atoms with Gasteiger partial charge in [-0.2, -0.15) is 0 Å². The first-order valence-corrected chi connectivity index (χ1v) is 6.86. The van der Waals surface area contributed by atoms with Crippen molar-refractivity contribution in [3.8, 4) is 5.69 Å². The Bertz CT molecular complexity index is 572. The fraction of sp³-hybridized carbons (Fsp3) is 0.467. The Hall–Kier alpha value is -1.68. The van der Waals surface area contributed by atoms with Crippen LogP contribution in [0.4, 0.5) is 0 Å². The molecule has 1 unspecified atom stereocenters. The largest absolute Gasteiger partial charge is 0.323 e. The number of rotatable bonds is 4. The van der Waals surface area contributed by atoms with Gasteiger partial charge < -0.3 is 5.73 Å². The molecule has 102 valence electrons. The fourth-order valence-corrected chi connectivity index (χ4v) is 2.28. The summed E-state index contributed by atoms with van der Waals surface area (Å²) in [5, 5.41) is 8.61. The van der Waals surface area contributed by atoms with Crippen molar-refractivity contribution in [2.45, 2.75) is 46.6 Å². The predicted molar refractivity (Wildman–Crippen MR) is 77.4 cm³/mol. The molecular formula is C15H22N4. The molecule has 0 aliphatic rings. The first-order valence-electron chi connectivity index (χ1n) is 6.86. The van der Waals surface area contributed by atoms with Crippen molar-refractivity contribution in [3.63, 3.8) is 0 Å². The lowest BCUT2D eigenvalue weighted by Crippen LogP contribution is -2.12. The van der Waals surface area contributed by atoms with Gasteiger partial charge in [0.15, 0.2) is 0 Å². The van der Waals surface area contributed by atoms with Crippen LogP contribution in [-0.4, -0.2) is 15.0 Å². The number of hydrogen-bond acceptors (Lipinski definition) is 3. The Morgan fingerprint density at radius 3 is 2.63 bits per heavy atom. The number of nitrogens with two attached hydrogens (primary N) is 1. The minimum absolute atomic E-state index is 0.0335. The van der Waals surface area contributed by atoms with Gasteiger partial charge in [0.1, 0.15) is 5.69 Å². The van der Waals surface area contributed by atoms with Gasteiger partial charge in [-0.3, -0.25) is 0 Å². The SMILES string of the molecule is CCc1c(C(N)CC)nnn1-c1cccc(C)c1C. The van der Waals surface area contributed by atoms with Crippen molar-refractivity contribution in [1.29, 1.82) is 0 Å². The molecule has 4 heteroatoms. The first-order chi connectivity index (χ1) is 9.10. The van der Waals surface area contributed by atoms with E-state index in [1.165, 1.54) is 11.1 Å². The van der Waals surface area contributed by atoms with Crippen LogP contribution in [0.3, 0.4) is 0 Å². The van der Waals surface area contributed by atoms with E-state index < -0.39 is 0 Å². The van der Waals surface area contributed by atoms with Gasteiger partial charge in [-0.05, 0) is 43.9 Å². The molecule has 0 radical (unpaired) electrons. The number of benzene rings is 1. The van der Waals surface area contributed by atoms with E-state index >= 15 is 0 Å². The fourth-order valence-electron chi connectivity index (χ4n) is 2.28. The number of aryl methyl sites for hydroxylation is 1. The molecule has 2 aromatic rings. The van der Waals surface area contributed by atoms with E-state index in [1.54, 1.807) is 0 Å². The Balaban J connectivity index is 2.57. The van der Waals surface area contributed by atoms with Crippen LogP contribution in [0.2, 0.25) is 0 Å². The molecule has 4 nitrogen and oxygen atoms in total. The summed E-state index contributed by atoms with van der Waals surface area (Å²) in [7, 11) is 0. The monoisotopic (exact) mass is 258 g/mol. The molecule has 0 saturated heterocycles. The van der Waals surface area contributed by atoms with Crippen molar-refractivity contribution in [2.24, 2.45) is 5.73 Å². The summed E-state index contributed by atoms with van der Waals surface area (Å²) in [5.41, 5.74) is 11.7. The third kappa shape index (κ3) is 2.40. The van der Waals surface area contributed by atoms with Crippen LogP contribution in [0.5, 0.6) is 0 Å². The third-order valence-electron chi connectivity index (χ3n) is 3.72. The van der Waals surface area contributed by atoms with E-state index in [2.05, 4.69) is 56.2 Å². The summed E-state index contributed by atoms with van der Waals surface area (Å²) >= 11 is 0. The Labute approximate surface area is 114 Å². The van der Waals surface area contributed by atoms with Crippen molar-refractivity contribution in [1.82, 2.24) is 15.0 Å². The lowest BCUT2D eigenvalue weighted by Gasteiger charge is -2.12. The molecule has 0 bridgehead atoms. The van der Waals surface area contributed by atoms with Gasteiger partial charge in [0.25, 0.3) is 0 Å². The Morgan fingerprint density at radius 1 is 1.26 bits per heavy atom. The van der Waals surface area contributed by atoms with E-state index in [4.69, 9.17) is 5.73 Å². The van der Waals surface area contributed by atoms with Crippen molar-refractivity contribution in [3.05, 3.63) is 40.7 Å². The highest BCUT2D eigenvalue weighted by Gasteiger charge is 2.18. The van der Waals surface area contributed by atoms with Gasteiger partial charge in [-0.1, -0.05) is 31.2 Å². The lowest BCUT2D eigenvalue weighted by molar-refractivity contribution is 0.665. The second-order valence-corrected chi connectivity index (χ2v) is 4.92. The van der Waals surface area contributed by atoms with Gasteiger partial charge in [-0.15, -0.1) is 5.10 Å². The molecule has 1 aromatic heterocycles. The molecule has 1 atom stereocenters. The zero-order valence-electron chi connectivity index (χ0n) is 12.1. The summed E-state index contributed by atoms with van der Waals surface area (Å²) < 4.78 is 1.94. The third-order valence-corrected chi connectivity index (χ3v) is 3.72. The maximum Gasteiger partial charge on any atom is 0.103 e. The predicted octanol–water partition coefficient (Wildman–Crippen LogP) is 2.86. The highest BCUT2D eigenvalue weighted by molar-refractivity contribution is 5.45. The molecule has 0 saturated carbocycles. The summed E-state index contributed by atoms with van der Waals surface area (Å²) in [5.74, 6) is 0. The molecule has 0 aliphatic heterocycles. The van der Waals surface area contributed by atoms with Gasteiger partial charge in [0, 0.05) is 0 Å². The minimum atomic E-state index is -0.0335. The zero-order chi connectivity index (χ0) is 14.0. The molecule has 0 fully saturated rings. The van der Waals surface area contributed by atoms with E-state index in [9.17, 15) is 0 Å². The molecule has 2 rings (SSSR count). The van der Waals surface area contributed by atoms with Crippen LogP contribution in [0, 0.1) is 13.8 Å². The highest BCUT2D eigenvalue weighted by Crippen LogP contribution is 2.23. The molecule has 1 heterocycles. The molecule has 0 amide bonds. The molecule has 2 N–H and O–H groups in total. The topological polar surface area (TPSA) is 56.7 Å². The maximum absolute atomic E-state index is 6.11. The highest BCUT2D eigenvalue weighted by atomic mass is 15.4.